The first kappa shape index (κ1) is 13.7. The molecule has 17 heavy (non-hydrogen) atoms. The van der Waals surface area contributed by atoms with Gasteiger partial charge in [0.15, 0.2) is 0 Å². The minimum atomic E-state index is -0.851. The number of carbonyl (C=O) groups is 1. The maximum absolute atomic E-state index is 10.9. The predicted octanol–water partition coefficient (Wildman–Crippen LogP) is 2.63. The number of rotatable bonds is 6. The van der Waals surface area contributed by atoms with Gasteiger partial charge in [-0.25, -0.2) is 0 Å². The normalized spacial score (nSPS) is 13.4. The van der Waals surface area contributed by atoms with Gasteiger partial charge in [0.25, 0.3) is 0 Å². The van der Waals surface area contributed by atoms with Gasteiger partial charge in [0.2, 0.25) is 0 Å². The van der Waals surface area contributed by atoms with Crippen molar-refractivity contribution in [3.05, 3.63) is 35.9 Å². The van der Waals surface area contributed by atoms with E-state index in [-0.39, 0.29) is 0 Å². The highest BCUT2D eigenvalue weighted by atomic mass is 16.4. The lowest BCUT2D eigenvalue weighted by atomic mass is 9.97. The highest BCUT2D eigenvalue weighted by molar-refractivity contribution is 5.77. The molecule has 3 heteroatoms. The molecule has 0 heterocycles. The Balaban J connectivity index is 2.40. The number of hydrogen-bond donors (Lipinski definition) is 2. The number of carboxylic acids is 1. The van der Waals surface area contributed by atoms with Crippen molar-refractivity contribution in [2.24, 2.45) is 0 Å². The summed E-state index contributed by atoms with van der Waals surface area (Å²) in [6, 6.07) is 10.3. The molecule has 0 aliphatic rings. The van der Waals surface area contributed by atoms with E-state index in [4.69, 9.17) is 5.11 Å². The van der Waals surface area contributed by atoms with Gasteiger partial charge in [0.1, 0.15) is 5.54 Å². The van der Waals surface area contributed by atoms with E-state index in [1.807, 2.05) is 18.2 Å². The van der Waals surface area contributed by atoms with Crippen molar-refractivity contribution in [3.63, 3.8) is 0 Å². The Bertz CT molecular complexity index is 360. The molecule has 0 aliphatic carbocycles. The standard InChI is InChI=1S/C14H21NO2/c1-11(12-7-5-4-6-8-12)9-10-15-14(2,3)13(16)17/h4-8,11,15H,9-10H2,1-3H3,(H,16,17). The largest absolute Gasteiger partial charge is 0.480 e. The summed E-state index contributed by atoms with van der Waals surface area (Å²) in [6.07, 6.45) is 0.931. The molecule has 0 amide bonds. The fourth-order valence-electron chi connectivity index (χ4n) is 1.63. The van der Waals surface area contributed by atoms with Crippen molar-refractivity contribution < 1.29 is 9.90 Å². The fraction of sp³-hybridized carbons (Fsp3) is 0.500. The van der Waals surface area contributed by atoms with Crippen LogP contribution in [0.5, 0.6) is 0 Å². The molecule has 1 unspecified atom stereocenters. The zero-order chi connectivity index (χ0) is 12.9. The molecular formula is C14H21NO2. The first-order valence-electron chi connectivity index (χ1n) is 5.97. The van der Waals surface area contributed by atoms with E-state index < -0.39 is 11.5 Å². The van der Waals surface area contributed by atoms with Crippen molar-refractivity contribution in [3.8, 4) is 0 Å². The maximum atomic E-state index is 10.9. The Morgan fingerprint density at radius 3 is 2.47 bits per heavy atom. The van der Waals surface area contributed by atoms with E-state index in [1.165, 1.54) is 5.56 Å². The average molecular weight is 235 g/mol. The van der Waals surface area contributed by atoms with Gasteiger partial charge in [-0.3, -0.25) is 4.79 Å². The second kappa shape index (κ2) is 5.82. The van der Waals surface area contributed by atoms with Crippen molar-refractivity contribution in [1.82, 2.24) is 5.32 Å². The van der Waals surface area contributed by atoms with Crippen LogP contribution in [0.25, 0.3) is 0 Å². The molecule has 0 aromatic heterocycles. The Morgan fingerprint density at radius 2 is 1.94 bits per heavy atom. The van der Waals surface area contributed by atoms with Crippen LogP contribution in [0.1, 0.15) is 38.7 Å². The zero-order valence-corrected chi connectivity index (χ0v) is 10.7. The van der Waals surface area contributed by atoms with Crippen LogP contribution in [0, 0.1) is 0 Å². The van der Waals surface area contributed by atoms with Crippen molar-refractivity contribution in [2.75, 3.05) is 6.54 Å². The maximum Gasteiger partial charge on any atom is 0.323 e. The third-order valence-electron chi connectivity index (χ3n) is 3.05. The number of carboxylic acid groups (broad SMARTS) is 1. The van der Waals surface area contributed by atoms with Gasteiger partial charge in [-0.1, -0.05) is 37.3 Å². The molecule has 2 N–H and O–H groups in total. The number of aliphatic carboxylic acids is 1. The lowest BCUT2D eigenvalue weighted by Crippen LogP contribution is -2.47. The molecular weight excluding hydrogens is 214 g/mol. The summed E-state index contributed by atoms with van der Waals surface area (Å²) in [6.45, 7) is 6.23. The van der Waals surface area contributed by atoms with Crippen LogP contribution in [0.2, 0.25) is 0 Å². The Hall–Kier alpha value is -1.35. The van der Waals surface area contributed by atoms with E-state index in [0.717, 1.165) is 6.42 Å². The molecule has 0 radical (unpaired) electrons. The summed E-state index contributed by atoms with van der Waals surface area (Å²) in [5.41, 5.74) is 0.443. The topological polar surface area (TPSA) is 49.3 Å². The first-order chi connectivity index (χ1) is 7.93. The summed E-state index contributed by atoms with van der Waals surface area (Å²) < 4.78 is 0. The third kappa shape index (κ3) is 4.19. The van der Waals surface area contributed by atoms with Gasteiger partial charge in [0, 0.05) is 0 Å². The molecule has 94 valence electrons. The Morgan fingerprint density at radius 1 is 1.35 bits per heavy atom. The molecule has 1 atom stereocenters. The molecule has 3 nitrogen and oxygen atoms in total. The smallest absolute Gasteiger partial charge is 0.323 e. The van der Waals surface area contributed by atoms with Crippen LogP contribution in [0.4, 0.5) is 0 Å². The van der Waals surface area contributed by atoms with Crippen LogP contribution < -0.4 is 5.32 Å². The molecule has 0 saturated carbocycles. The molecule has 1 aromatic rings. The van der Waals surface area contributed by atoms with Gasteiger partial charge in [-0.15, -0.1) is 0 Å². The summed E-state index contributed by atoms with van der Waals surface area (Å²) >= 11 is 0. The lowest BCUT2D eigenvalue weighted by Gasteiger charge is -2.22. The summed E-state index contributed by atoms with van der Waals surface area (Å²) in [5, 5.41) is 12.0. The fourth-order valence-corrected chi connectivity index (χ4v) is 1.63. The van der Waals surface area contributed by atoms with Crippen molar-refractivity contribution >= 4 is 5.97 Å². The molecule has 0 saturated heterocycles. The Kier molecular flexibility index (Phi) is 4.70. The highest BCUT2D eigenvalue weighted by Gasteiger charge is 2.25. The Labute approximate surface area is 103 Å². The van der Waals surface area contributed by atoms with Gasteiger partial charge in [0.05, 0.1) is 0 Å². The third-order valence-corrected chi connectivity index (χ3v) is 3.05. The first-order valence-corrected chi connectivity index (χ1v) is 5.97. The quantitative estimate of drug-likeness (QED) is 0.797. The number of hydrogen-bond acceptors (Lipinski definition) is 2. The number of nitrogens with one attached hydrogen (secondary N) is 1. The van der Waals surface area contributed by atoms with E-state index in [0.29, 0.717) is 12.5 Å². The van der Waals surface area contributed by atoms with E-state index >= 15 is 0 Å². The summed E-state index contributed by atoms with van der Waals surface area (Å²) in [4.78, 5) is 10.9. The van der Waals surface area contributed by atoms with Crippen molar-refractivity contribution in [2.45, 2.75) is 38.6 Å². The zero-order valence-electron chi connectivity index (χ0n) is 10.7. The van der Waals surface area contributed by atoms with Crippen LogP contribution in [-0.2, 0) is 4.79 Å². The summed E-state index contributed by atoms with van der Waals surface area (Å²) in [7, 11) is 0. The molecule has 0 fully saturated rings. The molecule has 0 aliphatic heterocycles. The van der Waals surface area contributed by atoms with E-state index in [9.17, 15) is 4.79 Å². The van der Waals surface area contributed by atoms with E-state index in [2.05, 4.69) is 24.4 Å². The second-order valence-corrected chi connectivity index (χ2v) is 4.96. The molecule has 0 bridgehead atoms. The minimum absolute atomic E-state index is 0.438. The summed E-state index contributed by atoms with van der Waals surface area (Å²) in [5.74, 6) is -0.377. The van der Waals surface area contributed by atoms with Gasteiger partial charge in [-0.05, 0) is 38.3 Å². The van der Waals surface area contributed by atoms with Crippen LogP contribution in [0.15, 0.2) is 30.3 Å². The predicted molar refractivity (Wildman–Crippen MR) is 69.2 cm³/mol. The van der Waals surface area contributed by atoms with Gasteiger partial charge in [-0.2, -0.15) is 0 Å². The van der Waals surface area contributed by atoms with Crippen LogP contribution in [-0.4, -0.2) is 23.2 Å². The highest BCUT2D eigenvalue weighted by Crippen LogP contribution is 2.18. The van der Waals surface area contributed by atoms with Crippen molar-refractivity contribution in [1.29, 1.82) is 0 Å². The average Bonchev–Trinajstić information content (AvgIpc) is 2.29. The molecule has 1 rings (SSSR count). The lowest BCUT2D eigenvalue weighted by molar-refractivity contribution is -0.143. The SMILES string of the molecule is CC(CCNC(C)(C)C(=O)O)c1ccccc1. The van der Waals surface area contributed by atoms with E-state index in [1.54, 1.807) is 13.8 Å². The molecule has 1 aromatic carbocycles. The number of benzene rings is 1. The van der Waals surface area contributed by atoms with Crippen LogP contribution in [0.3, 0.4) is 0 Å². The van der Waals surface area contributed by atoms with Gasteiger partial charge >= 0.3 is 5.97 Å². The monoisotopic (exact) mass is 235 g/mol. The second-order valence-electron chi connectivity index (χ2n) is 4.96. The van der Waals surface area contributed by atoms with Gasteiger partial charge < -0.3 is 10.4 Å². The minimum Gasteiger partial charge on any atom is -0.480 e. The van der Waals surface area contributed by atoms with Crippen LogP contribution >= 0.6 is 0 Å². The molecule has 0 spiro atoms.